The summed E-state index contributed by atoms with van der Waals surface area (Å²) in [6.45, 7) is 5.44. The lowest BCUT2D eigenvalue weighted by Gasteiger charge is -2.21. The number of aryl methyl sites for hydroxylation is 1. The highest BCUT2D eigenvalue weighted by Gasteiger charge is 2.22. The average molecular weight is 279 g/mol. The van der Waals surface area contributed by atoms with E-state index in [0.29, 0.717) is 6.04 Å². The zero-order valence-corrected chi connectivity index (χ0v) is 12.9. The maximum atomic E-state index is 4.28. The third-order valence-electron chi connectivity index (χ3n) is 3.73. The Hall–Kier alpha value is -0.740. The number of hydrogen-bond donors (Lipinski definition) is 1. The fourth-order valence-electron chi connectivity index (χ4n) is 2.66. The van der Waals surface area contributed by atoms with E-state index in [9.17, 15) is 0 Å². The summed E-state index contributed by atoms with van der Waals surface area (Å²) < 4.78 is 4.16. The van der Waals surface area contributed by atoms with Gasteiger partial charge in [0.1, 0.15) is 0 Å². The molecule has 0 bridgehead atoms. The predicted octanol–water partition coefficient (Wildman–Crippen LogP) is 4.03. The van der Waals surface area contributed by atoms with Crippen molar-refractivity contribution in [1.29, 1.82) is 0 Å². The summed E-state index contributed by atoms with van der Waals surface area (Å²) in [6, 6.07) is 0.355. The van der Waals surface area contributed by atoms with Crippen LogP contribution in [0.1, 0.15) is 69.0 Å². The van der Waals surface area contributed by atoms with Gasteiger partial charge in [0.25, 0.3) is 0 Å². The number of rotatable bonds is 6. The van der Waals surface area contributed by atoms with Crippen molar-refractivity contribution >= 4 is 11.5 Å². The van der Waals surface area contributed by atoms with Crippen molar-refractivity contribution in [2.24, 2.45) is 0 Å². The normalized spacial score (nSPS) is 17.9. The van der Waals surface area contributed by atoms with Crippen molar-refractivity contribution in [1.82, 2.24) is 14.9 Å². The number of aromatic nitrogens is 2. The van der Waals surface area contributed by atoms with Gasteiger partial charge in [-0.1, -0.05) is 36.4 Å². The van der Waals surface area contributed by atoms with E-state index in [1.54, 1.807) is 17.1 Å². The van der Waals surface area contributed by atoms with Crippen LogP contribution in [0, 0.1) is 0 Å². The van der Waals surface area contributed by atoms with Gasteiger partial charge in [-0.05, 0) is 56.6 Å². The van der Waals surface area contributed by atoms with E-state index in [0.717, 1.165) is 19.4 Å². The molecule has 2 rings (SSSR count). The fourth-order valence-corrected chi connectivity index (χ4v) is 3.52. The molecule has 1 aliphatic carbocycles. The molecule has 106 valence electrons. The molecule has 19 heavy (non-hydrogen) atoms. The van der Waals surface area contributed by atoms with Gasteiger partial charge >= 0.3 is 0 Å². The highest BCUT2D eigenvalue weighted by Crippen LogP contribution is 2.32. The molecular formula is C15H25N3S. The predicted molar refractivity (Wildman–Crippen MR) is 81.5 cm³/mol. The van der Waals surface area contributed by atoms with Crippen molar-refractivity contribution in [3.05, 3.63) is 22.2 Å². The van der Waals surface area contributed by atoms with Crippen LogP contribution in [0.15, 0.2) is 11.6 Å². The minimum atomic E-state index is 0.355. The Morgan fingerprint density at radius 1 is 1.32 bits per heavy atom. The van der Waals surface area contributed by atoms with Gasteiger partial charge in [-0.2, -0.15) is 0 Å². The number of nitrogens with zero attached hydrogens (tertiary/aromatic N) is 2. The van der Waals surface area contributed by atoms with Crippen LogP contribution in [0.3, 0.4) is 0 Å². The van der Waals surface area contributed by atoms with Gasteiger partial charge < -0.3 is 5.32 Å². The molecule has 1 unspecified atom stereocenters. The van der Waals surface area contributed by atoms with Crippen LogP contribution in [-0.2, 0) is 6.42 Å². The Bertz CT molecular complexity index is 411. The lowest BCUT2D eigenvalue weighted by molar-refractivity contribution is 0.569. The van der Waals surface area contributed by atoms with Gasteiger partial charge in [-0.25, -0.2) is 0 Å². The summed E-state index contributed by atoms with van der Waals surface area (Å²) in [5.41, 5.74) is 2.73. The van der Waals surface area contributed by atoms with Gasteiger partial charge in [0.15, 0.2) is 0 Å². The van der Waals surface area contributed by atoms with Crippen molar-refractivity contribution in [2.45, 2.75) is 64.8 Å². The van der Waals surface area contributed by atoms with Gasteiger partial charge in [-0.3, -0.25) is 0 Å². The SMILES string of the molecule is CCCNC(C1=CCCCCC1)c1snnc1CC. The molecular weight excluding hydrogens is 254 g/mol. The number of allylic oxidation sites excluding steroid dienone is 1. The molecule has 3 nitrogen and oxygen atoms in total. The van der Waals surface area contributed by atoms with E-state index in [1.165, 1.54) is 42.7 Å². The molecule has 0 saturated carbocycles. The Morgan fingerprint density at radius 3 is 3.00 bits per heavy atom. The molecule has 1 aromatic rings. The Kier molecular flexibility index (Phi) is 5.98. The highest BCUT2D eigenvalue weighted by molar-refractivity contribution is 7.05. The molecule has 1 atom stereocenters. The van der Waals surface area contributed by atoms with Gasteiger partial charge in [0.05, 0.1) is 16.6 Å². The highest BCUT2D eigenvalue weighted by atomic mass is 32.1. The summed E-state index contributed by atoms with van der Waals surface area (Å²) in [5, 5.41) is 7.99. The lowest BCUT2D eigenvalue weighted by Crippen LogP contribution is -2.24. The first-order valence-corrected chi connectivity index (χ1v) is 8.37. The lowest BCUT2D eigenvalue weighted by atomic mass is 9.99. The summed E-state index contributed by atoms with van der Waals surface area (Å²) >= 11 is 1.57. The van der Waals surface area contributed by atoms with E-state index in [1.807, 2.05) is 0 Å². The molecule has 1 aromatic heterocycles. The van der Waals surface area contributed by atoms with E-state index in [2.05, 4.69) is 34.8 Å². The monoisotopic (exact) mass is 279 g/mol. The van der Waals surface area contributed by atoms with Crippen LogP contribution in [0.4, 0.5) is 0 Å². The molecule has 1 heterocycles. The van der Waals surface area contributed by atoms with Gasteiger partial charge in [-0.15, -0.1) is 5.10 Å². The van der Waals surface area contributed by atoms with Crippen LogP contribution < -0.4 is 5.32 Å². The van der Waals surface area contributed by atoms with Crippen LogP contribution in [0.2, 0.25) is 0 Å². The van der Waals surface area contributed by atoms with E-state index in [-0.39, 0.29) is 0 Å². The maximum Gasteiger partial charge on any atom is 0.0804 e. The average Bonchev–Trinajstić information content (AvgIpc) is 2.74. The summed E-state index contributed by atoms with van der Waals surface area (Å²) in [7, 11) is 0. The summed E-state index contributed by atoms with van der Waals surface area (Å²) in [4.78, 5) is 1.34. The number of hydrogen-bond acceptors (Lipinski definition) is 4. The second kappa shape index (κ2) is 7.75. The minimum Gasteiger partial charge on any atom is -0.306 e. The molecule has 4 heteroatoms. The number of nitrogens with one attached hydrogen (secondary N) is 1. The Balaban J connectivity index is 2.21. The molecule has 1 aliphatic rings. The Morgan fingerprint density at radius 2 is 2.21 bits per heavy atom. The molecule has 0 fully saturated rings. The summed E-state index contributed by atoms with van der Waals surface area (Å²) in [6.07, 6.45) is 11.1. The van der Waals surface area contributed by atoms with Gasteiger partial charge in [0.2, 0.25) is 0 Å². The molecule has 1 N–H and O–H groups in total. The van der Waals surface area contributed by atoms with Crippen LogP contribution in [0.25, 0.3) is 0 Å². The summed E-state index contributed by atoms with van der Waals surface area (Å²) in [5.74, 6) is 0. The molecule has 0 saturated heterocycles. The first-order valence-electron chi connectivity index (χ1n) is 7.60. The molecule has 0 spiro atoms. The second-order valence-electron chi connectivity index (χ2n) is 5.20. The van der Waals surface area contributed by atoms with E-state index < -0.39 is 0 Å². The van der Waals surface area contributed by atoms with Crippen molar-refractivity contribution in [3.63, 3.8) is 0 Å². The third kappa shape index (κ3) is 3.86. The molecule has 0 radical (unpaired) electrons. The first-order chi connectivity index (χ1) is 9.36. The minimum absolute atomic E-state index is 0.355. The van der Waals surface area contributed by atoms with Crippen molar-refractivity contribution in [2.75, 3.05) is 6.54 Å². The zero-order chi connectivity index (χ0) is 13.5. The fraction of sp³-hybridized carbons (Fsp3) is 0.733. The van der Waals surface area contributed by atoms with Crippen molar-refractivity contribution in [3.8, 4) is 0 Å². The van der Waals surface area contributed by atoms with Crippen LogP contribution in [0.5, 0.6) is 0 Å². The first kappa shape index (κ1) is 14.7. The van der Waals surface area contributed by atoms with Gasteiger partial charge in [0, 0.05) is 0 Å². The topological polar surface area (TPSA) is 37.8 Å². The van der Waals surface area contributed by atoms with Crippen LogP contribution in [-0.4, -0.2) is 16.1 Å². The standard InChI is InChI=1S/C15H25N3S/c1-3-11-16-14(12-9-7-5-6-8-10-12)15-13(4-2)17-18-19-15/h9,14,16H,3-8,10-11H2,1-2H3. The third-order valence-corrected chi connectivity index (χ3v) is 4.56. The van der Waals surface area contributed by atoms with E-state index in [4.69, 9.17) is 0 Å². The van der Waals surface area contributed by atoms with Crippen molar-refractivity contribution < 1.29 is 0 Å². The maximum absolute atomic E-state index is 4.28. The van der Waals surface area contributed by atoms with Crippen LogP contribution >= 0.6 is 11.5 Å². The smallest absolute Gasteiger partial charge is 0.0804 e. The molecule has 0 aromatic carbocycles. The molecule has 0 amide bonds. The zero-order valence-electron chi connectivity index (χ0n) is 12.1. The Labute approximate surface area is 120 Å². The molecule has 0 aliphatic heterocycles. The second-order valence-corrected chi connectivity index (χ2v) is 5.99. The quantitative estimate of drug-likeness (QED) is 0.799. The van der Waals surface area contributed by atoms with E-state index >= 15 is 0 Å². The largest absolute Gasteiger partial charge is 0.306 e.